The number of halogens is 1. The first-order chi connectivity index (χ1) is 14.6. The Morgan fingerprint density at radius 2 is 1.83 bits per heavy atom. The van der Waals surface area contributed by atoms with Crippen molar-refractivity contribution in [1.29, 1.82) is 5.26 Å². The maximum absolute atomic E-state index is 14.8. The molecule has 0 aliphatic carbocycles. The molecule has 0 unspecified atom stereocenters. The molecule has 7 heteroatoms. The maximum atomic E-state index is 14.8. The minimum absolute atomic E-state index is 0.0624. The van der Waals surface area contributed by atoms with Gasteiger partial charge in [-0.15, -0.1) is 0 Å². The molecule has 3 rings (SSSR count). The van der Waals surface area contributed by atoms with Gasteiger partial charge in [0.05, 0.1) is 13.3 Å². The van der Waals surface area contributed by atoms with Crippen molar-refractivity contribution in [2.24, 2.45) is 0 Å². The van der Waals surface area contributed by atoms with E-state index in [2.05, 4.69) is 4.98 Å². The molecule has 6 nitrogen and oxygen atoms in total. The van der Waals surface area contributed by atoms with Gasteiger partial charge in [0.2, 0.25) is 0 Å². The van der Waals surface area contributed by atoms with E-state index in [9.17, 15) is 19.6 Å². The first-order valence-electron chi connectivity index (χ1n) is 9.22. The summed E-state index contributed by atoms with van der Waals surface area (Å²) in [6.45, 7) is 4.09. The van der Waals surface area contributed by atoms with E-state index < -0.39 is 11.8 Å². The summed E-state index contributed by atoms with van der Waals surface area (Å²) in [7, 11) is 1.29. The van der Waals surface area contributed by atoms with Crippen LogP contribution in [-0.4, -0.2) is 23.2 Å². The van der Waals surface area contributed by atoms with E-state index in [4.69, 9.17) is 9.47 Å². The van der Waals surface area contributed by atoms with E-state index in [0.29, 0.717) is 0 Å². The largest absolute Gasteiger partial charge is 0.494 e. The molecule has 0 bridgehead atoms. The SMILES string of the molecule is CC.COc1cccc(-c2c(C#N)ncc(OCc3ccccc3)c2C(=O)O)c1F. The Kier molecular flexibility index (Phi) is 7.89. The zero-order valence-corrected chi connectivity index (χ0v) is 16.8. The lowest BCUT2D eigenvalue weighted by atomic mass is 9.97. The normalized spacial score (nSPS) is 9.70. The zero-order valence-electron chi connectivity index (χ0n) is 16.8. The molecule has 3 aromatic rings. The molecule has 1 aromatic heterocycles. The van der Waals surface area contributed by atoms with Crippen LogP contribution in [0.25, 0.3) is 11.1 Å². The highest BCUT2D eigenvalue weighted by Crippen LogP contribution is 2.37. The predicted octanol–water partition coefficient (Wildman–Crippen LogP) is 5.07. The number of nitrogens with zero attached hydrogens (tertiary/aromatic N) is 2. The fourth-order valence-corrected chi connectivity index (χ4v) is 2.76. The van der Waals surface area contributed by atoms with Crippen molar-refractivity contribution in [3.8, 4) is 28.7 Å². The zero-order chi connectivity index (χ0) is 22.1. The lowest BCUT2D eigenvalue weighted by molar-refractivity contribution is 0.0692. The molecule has 1 N–H and O–H groups in total. The number of methoxy groups -OCH3 is 1. The molecule has 30 heavy (non-hydrogen) atoms. The molecule has 0 saturated heterocycles. The summed E-state index contributed by atoms with van der Waals surface area (Å²) in [6.07, 6.45) is 1.16. The molecule has 0 aliphatic rings. The number of aromatic carboxylic acids is 1. The van der Waals surface area contributed by atoms with Gasteiger partial charge in [0.15, 0.2) is 17.3 Å². The molecule has 154 valence electrons. The van der Waals surface area contributed by atoms with Gasteiger partial charge in [-0.25, -0.2) is 14.2 Å². The van der Waals surface area contributed by atoms with Crippen LogP contribution in [0.3, 0.4) is 0 Å². The number of nitriles is 1. The van der Waals surface area contributed by atoms with Crippen LogP contribution in [0, 0.1) is 17.1 Å². The van der Waals surface area contributed by atoms with Crippen LogP contribution in [0.5, 0.6) is 11.5 Å². The van der Waals surface area contributed by atoms with Gasteiger partial charge >= 0.3 is 5.97 Å². The second-order valence-electron chi connectivity index (χ2n) is 5.73. The van der Waals surface area contributed by atoms with E-state index in [1.54, 1.807) is 0 Å². The predicted molar refractivity (Wildman–Crippen MR) is 110 cm³/mol. The molecule has 0 radical (unpaired) electrons. The molecule has 0 amide bonds. The Balaban J connectivity index is 0.00000155. The second kappa shape index (κ2) is 10.6. The van der Waals surface area contributed by atoms with Gasteiger partial charge in [0.25, 0.3) is 0 Å². The fourth-order valence-electron chi connectivity index (χ4n) is 2.76. The number of benzene rings is 2. The van der Waals surface area contributed by atoms with Crippen LogP contribution in [0.2, 0.25) is 0 Å². The minimum Gasteiger partial charge on any atom is -0.494 e. The number of carboxylic acids is 1. The number of rotatable bonds is 6. The van der Waals surface area contributed by atoms with Crippen LogP contribution >= 0.6 is 0 Å². The van der Waals surface area contributed by atoms with E-state index in [-0.39, 0.29) is 40.5 Å². The van der Waals surface area contributed by atoms with Crippen LogP contribution in [0.1, 0.15) is 35.5 Å². The summed E-state index contributed by atoms with van der Waals surface area (Å²) >= 11 is 0. The Morgan fingerprint density at radius 3 is 2.43 bits per heavy atom. The quantitative estimate of drug-likeness (QED) is 0.612. The van der Waals surface area contributed by atoms with E-state index in [0.717, 1.165) is 11.8 Å². The number of carbonyl (C=O) groups is 1. The summed E-state index contributed by atoms with van der Waals surface area (Å²) in [4.78, 5) is 16.0. The molecule has 1 heterocycles. The van der Waals surface area contributed by atoms with Crippen molar-refractivity contribution in [1.82, 2.24) is 4.98 Å². The summed E-state index contributed by atoms with van der Waals surface area (Å²) < 4.78 is 25.4. The third kappa shape index (κ3) is 4.73. The van der Waals surface area contributed by atoms with E-state index in [1.807, 2.05) is 50.2 Å². The Bertz CT molecular complexity index is 1060. The lowest BCUT2D eigenvalue weighted by Gasteiger charge is -2.15. The molecule has 0 saturated carbocycles. The second-order valence-corrected chi connectivity index (χ2v) is 5.73. The van der Waals surface area contributed by atoms with Gasteiger partial charge in [0, 0.05) is 11.1 Å². The maximum Gasteiger partial charge on any atom is 0.340 e. The number of pyridine rings is 1. The average molecular weight is 408 g/mol. The van der Waals surface area contributed by atoms with Gasteiger partial charge < -0.3 is 14.6 Å². The first-order valence-corrected chi connectivity index (χ1v) is 9.22. The van der Waals surface area contributed by atoms with Crippen molar-refractivity contribution >= 4 is 5.97 Å². The number of carboxylic acid groups (broad SMARTS) is 1. The standard InChI is InChI=1S/C21H15FN2O4.C2H6/c1-27-16-9-5-8-14(20(16)22)18-15(10-23)24-11-17(19(18)21(25)26)28-12-13-6-3-2-4-7-13;1-2/h2-9,11H,12H2,1H3,(H,25,26);1-2H3. The molecular weight excluding hydrogens is 387 g/mol. The van der Waals surface area contributed by atoms with Crippen LogP contribution in [-0.2, 0) is 6.61 Å². The van der Waals surface area contributed by atoms with Crippen molar-refractivity contribution in [2.45, 2.75) is 20.5 Å². The summed E-state index contributed by atoms with van der Waals surface area (Å²) in [5.74, 6) is -2.29. The third-order valence-corrected chi connectivity index (χ3v) is 4.05. The van der Waals surface area contributed by atoms with E-state index >= 15 is 0 Å². The molecule has 2 aromatic carbocycles. The highest BCUT2D eigenvalue weighted by atomic mass is 19.1. The Morgan fingerprint density at radius 1 is 1.13 bits per heavy atom. The molecule has 0 spiro atoms. The minimum atomic E-state index is -1.36. The van der Waals surface area contributed by atoms with Crippen molar-refractivity contribution < 1.29 is 23.8 Å². The average Bonchev–Trinajstić information content (AvgIpc) is 2.79. The van der Waals surface area contributed by atoms with Gasteiger partial charge in [-0.1, -0.05) is 56.3 Å². The van der Waals surface area contributed by atoms with E-state index in [1.165, 1.54) is 25.3 Å². The topological polar surface area (TPSA) is 92.4 Å². The first kappa shape index (κ1) is 22.4. The molecule has 0 fully saturated rings. The smallest absolute Gasteiger partial charge is 0.340 e. The highest BCUT2D eigenvalue weighted by molar-refractivity contribution is 6.00. The van der Waals surface area contributed by atoms with Crippen LogP contribution in [0.15, 0.2) is 54.7 Å². The molecule has 0 aliphatic heterocycles. The van der Waals surface area contributed by atoms with Gasteiger partial charge in [0.1, 0.15) is 23.9 Å². The van der Waals surface area contributed by atoms with Gasteiger partial charge in [-0.3, -0.25) is 0 Å². The molecular formula is C23H21FN2O4. The number of hydrogen-bond acceptors (Lipinski definition) is 5. The van der Waals surface area contributed by atoms with Gasteiger partial charge in [-0.2, -0.15) is 5.26 Å². The number of hydrogen-bond donors (Lipinski definition) is 1. The van der Waals surface area contributed by atoms with Crippen LogP contribution < -0.4 is 9.47 Å². The van der Waals surface area contributed by atoms with Crippen molar-refractivity contribution in [3.63, 3.8) is 0 Å². The Labute approximate surface area is 174 Å². The Hall–Kier alpha value is -3.92. The fraction of sp³-hybridized carbons (Fsp3) is 0.174. The number of ether oxygens (including phenoxy) is 2. The van der Waals surface area contributed by atoms with Crippen LogP contribution in [0.4, 0.5) is 4.39 Å². The van der Waals surface area contributed by atoms with Gasteiger partial charge in [-0.05, 0) is 11.6 Å². The summed E-state index contributed by atoms with van der Waals surface area (Å²) in [5.41, 5.74) is -0.00789. The lowest BCUT2D eigenvalue weighted by Crippen LogP contribution is -2.09. The van der Waals surface area contributed by atoms with Crippen molar-refractivity contribution in [2.75, 3.05) is 7.11 Å². The number of aromatic nitrogens is 1. The monoisotopic (exact) mass is 408 g/mol. The molecule has 0 atom stereocenters. The van der Waals surface area contributed by atoms with Crippen molar-refractivity contribution in [3.05, 3.63) is 77.4 Å². The highest BCUT2D eigenvalue weighted by Gasteiger charge is 2.26. The summed E-state index contributed by atoms with van der Waals surface area (Å²) in [6, 6.07) is 15.2. The third-order valence-electron chi connectivity index (χ3n) is 4.05. The summed E-state index contributed by atoms with van der Waals surface area (Å²) in [5, 5.41) is 19.2.